The van der Waals surface area contributed by atoms with Crippen molar-refractivity contribution in [2.24, 2.45) is 0 Å². The molecule has 204 valence electrons. The minimum Gasteiger partial charge on any atom is -0.393 e. The van der Waals surface area contributed by atoms with E-state index in [9.17, 15) is 9.59 Å². The molecule has 3 nitrogen and oxygen atoms in total. The molecule has 3 heteroatoms. The van der Waals surface area contributed by atoms with Crippen LogP contribution in [0, 0.1) is 0 Å². The lowest BCUT2D eigenvalue weighted by molar-refractivity contribution is -0.159. The summed E-state index contributed by atoms with van der Waals surface area (Å²) in [6, 6.07) is 0. The van der Waals surface area contributed by atoms with E-state index in [4.69, 9.17) is 4.74 Å². The number of esters is 2. The zero-order chi connectivity index (χ0) is 25.7. The highest BCUT2D eigenvalue weighted by molar-refractivity contribution is 5.85. The summed E-state index contributed by atoms with van der Waals surface area (Å²) in [6.07, 6.45) is 36.4. The van der Waals surface area contributed by atoms with Crippen LogP contribution in [0.4, 0.5) is 0 Å². The number of rotatable bonds is 26. The molecule has 35 heavy (non-hydrogen) atoms. The minimum atomic E-state index is -0.344. The molecule has 0 saturated heterocycles. The molecule has 0 amide bonds. The normalized spacial score (nSPS) is 11.6. The Kier molecular flexibility index (Phi) is 27.7. The fraction of sp³-hybridized carbons (Fsp3) is 0.812. The summed E-state index contributed by atoms with van der Waals surface area (Å²) in [4.78, 5) is 23.7. The predicted molar refractivity (Wildman–Crippen MR) is 152 cm³/mol. The highest BCUT2D eigenvalue weighted by Gasteiger charge is 2.09. The Morgan fingerprint density at radius 1 is 0.457 bits per heavy atom. The van der Waals surface area contributed by atoms with Gasteiger partial charge in [0.05, 0.1) is 0 Å². The van der Waals surface area contributed by atoms with Gasteiger partial charge in [0.1, 0.15) is 0 Å². The van der Waals surface area contributed by atoms with E-state index in [1.54, 1.807) is 0 Å². The fourth-order valence-corrected chi connectivity index (χ4v) is 4.24. The maximum absolute atomic E-state index is 11.8. The molecule has 0 saturated carbocycles. The molecule has 0 aromatic heterocycles. The van der Waals surface area contributed by atoms with E-state index in [1.165, 1.54) is 96.3 Å². The Balaban J connectivity index is 3.38. The van der Waals surface area contributed by atoms with Crippen molar-refractivity contribution < 1.29 is 14.3 Å². The van der Waals surface area contributed by atoms with Crippen LogP contribution in [0.2, 0.25) is 0 Å². The average Bonchev–Trinajstić information content (AvgIpc) is 2.85. The van der Waals surface area contributed by atoms with E-state index >= 15 is 0 Å². The van der Waals surface area contributed by atoms with Gasteiger partial charge in [-0.3, -0.25) is 9.59 Å². The molecular weight excluding hydrogens is 432 g/mol. The molecule has 0 rings (SSSR count). The summed E-state index contributed by atoms with van der Waals surface area (Å²) in [5, 5.41) is 0. The number of unbranched alkanes of at least 4 members (excludes halogenated alkanes) is 18. The topological polar surface area (TPSA) is 43.4 Å². The first-order valence-electron chi connectivity index (χ1n) is 15.2. The van der Waals surface area contributed by atoms with Crippen LogP contribution in [0.1, 0.15) is 168 Å². The zero-order valence-electron chi connectivity index (χ0n) is 23.5. The van der Waals surface area contributed by atoms with Gasteiger partial charge >= 0.3 is 11.9 Å². The number of hydrogen-bond acceptors (Lipinski definition) is 3. The third-order valence-corrected chi connectivity index (χ3v) is 6.54. The standard InChI is InChI=1S/C32H58O3/c1-3-5-7-9-11-13-15-16-17-18-20-22-24-26-28-30-32(34)35-31(33)29-27-25-23-21-19-14-12-10-8-6-4-2/h11,13,16-17H,3-10,12,14-15,18-30H2,1-2H3/b13-11-,17-16-. The van der Waals surface area contributed by atoms with Crippen LogP contribution in [0.25, 0.3) is 0 Å². The van der Waals surface area contributed by atoms with Gasteiger partial charge in [0.15, 0.2) is 0 Å². The van der Waals surface area contributed by atoms with Gasteiger partial charge in [-0.2, -0.15) is 0 Å². The third-order valence-electron chi connectivity index (χ3n) is 6.54. The predicted octanol–water partition coefficient (Wildman–Crippen LogP) is 10.6. The lowest BCUT2D eigenvalue weighted by Gasteiger charge is -2.04. The summed E-state index contributed by atoms with van der Waals surface area (Å²) in [7, 11) is 0. The number of allylic oxidation sites excluding steroid dienone is 4. The SMILES string of the molecule is CCCCC/C=C\C/C=C\CCCCCCCC(=O)OC(=O)CCCCCCCCCCCCC. The van der Waals surface area contributed by atoms with Gasteiger partial charge in [-0.15, -0.1) is 0 Å². The van der Waals surface area contributed by atoms with Gasteiger partial charge in [-0.05, 0) is 44.9 Å². The lowest BCUT2D eigenvalue weighted by Crippen LogP contribution is -2.11. The molecule has 0 N–H and O–H groups in total. The number of ether oxygens (including phenoxy) is 1. The molecule has 0 heterocycles. The third kappa shape index (κ3) is 28.7. The van der Waals surface area contributed by atoms with Gasteiger partial charge < -0.3 is 4.74 Å². The van der Waals surface area contributed by atoms with Gasteiger partial charge in [-0.1, -0.05) is 134 Å². The Morgan fingerprint density at radius 3 is 1.26 bits per heavy atom. The summed E-state index contributed by atoms with van der Waals surface area (Å²) in [6.45, 7) is 4.49. The van der Waals surface area contributed by atoms with Crippen molar-refractivity contribution in [3.8, 4) is 0 Å². The fourth-order valence-electron chi connectivity index (χ4n) is 4.24. The highest BCUT2D eigenvalue weighted by Crippen LogP contribution is 2.13. The van der Waals surface area contributed by atoms with Crippen molar-refractivity contribution >= 4 is 11.9 Å². The molecule has 0 aromatic carbocycles. The monoisotopic (exact) mass is 490 g/mol. The molecule has 0 aliphatic heterocycles. The van der Waals surface area contributed by atoms with E-state index in [0.717, 1.165) is 44.9 Å². The van der Waals surface area contributed by atoms with E-state index < -0.39 is 0 Å². The van der Waals surface area contributed by atoms with Crippen LogP contribution in [0.15, 0.2) is 24.3 Å². The van der Waals surface area contributed by atoms with Crippen LogP contribution in [-0.2, 0) is 14.3 Å². The van der Waals surface area contributed by atoms with E-state index in [2.05, 4.69) is 38.2 Å². The lowest BCUT2D eigenvalue weighted by atomic mass is 10.1. The molecule has 0 unspecified atom stereocenters. The van der Waals surface area contributed by atoms with Gasteiger partial charge in [0.25, 0.3) is 0 Å². The van der Waals surface area contributed by atoms with Crippen molar-refractivity contribution in [1.29, 1.82) is 0 Å². The number of carbonyl (C=O) groups is 2. The Labute approximate surface area is 218 Å². The summed E-state index contributed by atoms with van der Waals surface area (Å²) < 4.78 is 4.97. The average molecular weight is 491 g/mol. The second kappa shape index (κ2) is 28.9. The van der Waals surface area contributed by atoms with Crippen molar-refractivity contribution in [1.82, 2.24) is 0 Å². The zero-order valence-corrected chi connectivity index (χ0v) is 23.5. The van der Waals surface area contributed by atoms with Gasteiger partial charge in [0, 0.05) is 12.8 Å². The maximum atomic E-state index is 11.8. The summed E-state index contributed by atoms with van der Waals surface area (Å²) >= 11 is 0. The summed E-state index contributed by atoms with van der Waals surface area (Å²) in [5.41, 5.74) is 0. The minimum absolute atomic E-state index is 0.339. The smallest absolute Gasteiger partial charge is 0.313 e. The number of hydrogen-bond donors (Lipinski definition) is 0. The van der Waals surface area contributed by atoms with Crippen LogP contribution >= 0.6 is 0 Å². The molecule has 0 spiro atoms. The first-order valence-corrected chi connectivity index (χ1v) is 15.2. The highest BCUT2D eigenvalue weighted by atomic mass is 16.6. The Hall–Kier alpha value is -1.38. The molecular formula is C32H58O3. The molecule has 0 atom stereocenters. The summed E-state index contributed by atoms with van der Waals surface area (Å²) in [5.74, 6) is -0.683. The maximum Gasteiger partial charge on any atom is 0.313 e. The second-order valence-electron chi connectivity index (χ2n) is 10.1. The van der Waals surface area contributed by atoms with Crippen LogP contribution in [0.3, 0.4) is 0 Å². The Bertz CT molecular complexity index is 521. The first-order chi connectivity index (χ1) is 17.2. The quantitative estimate of drug-likeness (QED) is 0.0524. The van der Waals surface area contributed by atoms with Gasteiger partial charge in [0.2, 0.25) is 0 Å². The second-order valence-corrected chi connectivity index (χ2v) is 10.1. The van der Waals surface area contributed by atoms with Crippen LogP contribution in [-0.4, -0.2) is 11.9 Å². The molecule has 0 bridgehead atoms. The molecule has 0 aliphatic carbocycles. The van der Waals surface area contributed by atoms with Crippen molar-refractivity contribution in [3.05, 3.63) is 24.3 Å². The van der Waals surface area contributed by atoms with E-state index in [-0.39, 0.29) is 11.9 Å². The Morgan fingerprint density at radius 2 is 0.800 bits per heavy atom. The van der Waals surface area contributed by atoms with Crippen LogP contribution < -0.4 is 0 Å². The van der Waals surface area contributed by atoms with E-state index in [1.807, 2.05) is 0 Å². The van der Waals surface area contributed by atoms with Crippen LogP contribution in [0.5, 0.6) is 0 Å². The van der Waals surface area contributed by atoms with Crippen molar-refractivity contribution in [2.75, 3.05) is 0 Å². The molecule has 0 aromatic rings. The molecule has 0 aliphatic rings. The van der Waals surface area contributed by atoms with Gasteiger partial charge in [-0.25, -0.2) is 0 Å². The van der Waals surface area contributed by atoms with Crippen molar-refractivity contribution in [3.63, 3.8) is 0 Å². The van der Waals surface area contributed by atoms with E-state index in [0.29, 0.717) is 12.8 Å². The van der Waals surface area contributed by atoms with Crippen molar-refractivity contribution in [2.45, 2.75) is 168 Å². The first kappa shape index (κ1) is 33.6. The largest absolute Gasteiger partial charge is 0.393 e. The number of carbonyl (C=O) groups excluding carboxylic acids is 2. The molecule has 0 fully saturated rings. The molecule has 0 radical (unpaired) electrons.